The van der Waals surface area contributed by atoms with E-state index in [9.17, 15) is 4.79 Å². The molecule has 4 heteroatoms. The van der Waals surface area contributed by atoms with E-state index in [1.54, 1.807) is 24.5 Å². The third-order valence-corrected chi connectivity index (χ3v) is 2.81. The Labute approximate surface area is 89.1 Å². The molecule has 1 aromatic rings. The molecule has 0 saturated carbocycles. The Morgan fingerprint density at radius 3 is 2.87 bits per heavy atom. The van der Waals surface area contributed by atoms with Gasteiger partial charge >= 0.3 is 0 Å². The lowest BCUT2D eigenvalue weighted by atomic mass is 9.99. The number of carbonyl (C=O) groups excluding carboxylic acids is 1. The van der Waals surface area contributed by atoms with E-state index in [0.29, 0.717) is 0 Å². The molecule has 1 aromatic heterocycles. The summed E-state index contributed by atoms with van der Waals surface area (Å²) >= 11 is 0. The first-order valence-electron chi connectivity index (χ1n) is 5.17. The molecule has 1 amide bonds. The highest BCUT2D eigenvalue weighted by Crippen LogP contribution is 2.20. The molecule has 1 fully saturated rings. The van der Waals surface area contributed by atoms with Crippen LogP contribution in [0.2, 0.25) is 0 Å². The first kappa shape index (κ1) is 10.1. The third kappa shape index (κ3) is 2.15. The Morgan fingerprint density at radius 2 is 2.27 bits per heavy atom. The van der Waals surface area contributed by atoms with Crippen LogP contribution < -0.4 is 10.6 Å². The van der Waals surface area contributed by atoms with Gasteiger partial charge in [-0.3, -0.25) is 9.78 Å². The number of aromatic nitrogens is 1. The van der Waals surface area contributed by atoms with Crippen molar-refractivity contribution < 1.29 is 4.79 Å². The summed E-state index contributed by atoms with van der Waals surface area (Å²) in [6.07, 6.45) is 5.28. The summed E-state index contributed by atoms with van der Waals surface area (Å²) in [5.41, 5.74) is 0.383. The van der Waals surface area contributed by atoms with Crippen LogP contribution >= 0.6 is 0 Å². The lowest BCUT2D eigenvalue weighted by Crippen LogP contribution is -2.47. The van der Waals surface area contributed by atoms with Crippen LogP contribution in [0.1, 0.15) is 19.8 Å². The van der Waals surface area contributed by atoms with Crippen molar-refractivity contribution in [3.8, 4) is 0 Å². The molecule has 15 heavy (non-hydrogen) atoms. The average Bonchev–Trinajstić information content (AvgIpc) is 2.68. The highest BCUT2D eigenvalue weighted by atomic mass is 16.2. The molecule has 1 aliphatic rings. The fraction of sp³-hybridized carbons (Fsp3) is 0.455. The van der Waals surface area contributed by atoms with Crippen molar-refractivity contribution in [2.24, 2.45) is 0 Å². The molecule has 4 nitrogen and oxygen atoms in total. The zero-order chi connectivity index (χ0) is 10.7. The highest BCUT2D eigenvalue weighted by molar-refractivity contribution is 5.97. The van der Waals surface area contributed by atoms with Gasteiger partial charge in [-0.2, -0.15) is 0 Å². The summed E-state index contributed by atoms with van der Waals surface area (Å²) < 4.78 is 0. The number of pyridine rings is 1. The molecule has 1 unspecified atom stereocenters. The zero-order valence-electron chi connectivity index (χ0n) is 8.79. The van der Waals surface area contributed by atoms with E-state index >= 15 is 0 Å². The van der Waals surface area contributed by atoms with E-state index in [1.165, 1.54) is 0 Å². The Morgan fingerprint density at radius 1 is 1.53 bits per heavy atom. The quantitative estimate of drug-likeness (QED) is 0.761. The van der Waals surface area contributed by atoms with Crippen molar-refractivity contribution in [3.63, 3.8) is 0 Å². The SMILES string of the molecule is CC1(C(=O)Nc2ccncc2)CCCN1. The Bertz CT molecular complexity index is 344. The number of hydrogen-bond acceptors (Lipinski definition) is 3. The van der Waals surface area contributed by atoms with E-state index in [1.807, 2.05) is 6.92 Å². The van der Waals surface area contributed by atoms with E-state index in [-0.39, 0.29) is 5.91 Å². The number of hydrogen-bond donors (Lipinski definition) is 2. The monoisotopic (exact) mass is 205 g/mol. The van der Waals surface area contributed by atoms with Gasteiger partial charge in [0.05, 0.1) is 5.54 Å². The smallest absolute Gasteiger partial charge is 0.244 e. The standard InChI is InChI=1S/C11H15N3O/c1-11(5-2-6-13-11)10(15)14-9-3-7-12-8-4-9/h3-4,7-8,13H,2,5-6H2,1H3,(H,12,14,15). The number of nitrogens with zero attached hydrogens (tertiary/aromatic N) is 1. The topological polar surface area (TPSA) is 54.0 Å². The second-order valence-electron chi connectivity index (χ2n) is 4.05. The van der Waals surface area contributed by atoms with Gasteiger partial charge in [-0.1, -0.05) is 0 Å². The maximum absolute atomic E-state index is 11.9. The third-order valence-electron chi connectivity index (χ3n) is 2.81. The summed E-state index contributed by atoms with van der Waals surface area (Å²) in [5, 5.41) is 6.11. The summed E-state index contributed by atoms with van der Waals surface area (Å²) in [7, 11) is 0. The van der Waals surface area contributed by atoms with E-state index < -0.39 is 5.54 Å². The van der Waals surface area contributed by atoms with Gasteiger partial charge < -0.3 is 10.6 Å². The predicted molar refractivity (Wildman–Crippen MR) is 58.5 cm³/mol. The lowest BCUT2D eigenvalue weighted by molar-refractivity contribution is -0.121. The number of carbonyl (C=O) groups is 1. The molecule has 0 aliphatic carbocycles. The van der Waals surface area contributed by atoms with Gasteiger partial charge in [-0.05, 0) is 38.4 Å². The van der Waals surface area contributed by atoms with Crippen molar-refractivity contribution in [3.05, 3.63) is 24.5 Å². The van der Waals surface area contributed by atoms with Crippen LogP contribution in [0.15, 0.2) is 24.5 Å². The second-order valence-corrected chi connectivity index (χ2v) is 4.05. The van der Waals surface area contributed by atoms with Crippen molar-refractivity contribution >= 4 is 11.6 Å². The van der Waals surface area contributed by atoms with Crippen molar-refractivity contribution in [2.75, 3.05) is 11.9 Å². The van der Waals surface area contributed by atoms with Crippen LogP contribution in [0.4, 0.5) is 5.69 Å². The number of rotatable bonds is 2. The molecule has 0 radical (unpaired) electrons. The highest BCUT2D eigenvalue weighted by Gasteiger charge is 2.35. The first-order valence-corrected chi connectivity index (χ1v) is 5.17. The van der Waals surface area contributed by atoms with Crippen LogP contribution in [0.3, 0.4) is 0 Å². The molecule has 1 saturated heterocycles. The molecule has 1 aliphatic heterocycles. The molecule has 2 rings (SSSR count). The van der Waals surface area contributed by atoms with Crippen LogP contribution in [-0.4, -0.2) is 23.0 Å². The van der Waals surface area contributed by atoms with Crippen molar-refractivity contribution in [1.82, 2.24) is 10.3 Å². The Kier molecular flexibility index (Phi) is 2.68. The Balaban J connectivity index is 2.04. The van der Waals surface area contributed by atoms with E-state index in [0.717, 1.165) is 25.1 Å². The van der Waals surface area contributed by atoms with Gasteiger partial charge in [-0.25, -0.2) is 0 Å². The van der Waals surface area contributed by atoms with Gasteiger partial charge in [0.25, 0.3) is 0 Å². The fourth-order valence-electron chi connectivity index (χ4n) is 1.79. The number of anilines is 1. The maximum atomic E-state index is 11.9. The molecule has 2 N–H and O–H groups in total. The largest absolute Gasteiger partial charge is 0.324 e. The van der Waals surface area contributed by atoms with E-state index in [4.69, 9.17) is 0 Å². The molecular weight excluding hydrogens is 190 g/mol. The van der Waals surface area contributed by atoms with Gasteiger partial charge in [0, 0.05) is 18.1 Å². The minimum Gasteiger partial charge on any atom is -0.324 e. The van der Waals surface area contributed by atoms with E-state index in [2.05, 4.69) is 15.6 Å². The van der Waals surface area contributed by atoms with Crippen LogP contribution in [-0.2, 0) is 4.79 Å². The molecule has 2 heterocycles. The summed E-state index contributed by atoms with van der Waals surface area (Å²) in [4.78, 5) is 15.8. The average molecular weight is 205 g/mol. The molecular formula is C11H15N3O. The summed E-state index contributed by atoms with van der Waals surface area (Å²) in [6, 6.07) is 3.58. The predicted octanol–water partition coefficient (Wildman–Crippen LogP) is 1.16. The number of nitrogens with one attached hydrogen (secondary N) is 2. The Hall–Kier alpha value is -1.42. The molecule has 0 bridgehead atoms. The van der Waals surface area contributed by atoms with Gasteiger partial charge in [-0.15, -0.1) is 0 Å². The van der Waals surface area contributed by atoms with Crippen molar-refractivity contribution in [1.29, 1.82) is 0 Å². The molecule has 1 atom stereocenters. The lowest BCUT2D eigenvalue weighted by Gasteiger charge is -2.22. The minimum atomic E-state index is -0.413. The molecule has 80 valence electrons. The van der Waals surface area contributed by atoms with Crippen LogP contribution in [0.5, 0.6) is 0 Å². The summed E-state index contributed by atoms with van der Waals surface area (Å²) in [5.74, 6) is 0.0335. The van der Waals surface area contributed by atoms with Gasteiger partial charge in [0.1, 0.15) is 0 Å². The van der Waals surface area contributed by atoms with Gasteiger partial charge in [0.15, 0.2) is 0 Å². The second kappa shape index (κ2) is 3.98. The number of amides is 1. The fourth-order valence-corrected chi connectivity index (χ4v) is 1.79. The molecule has 0 aromatic carbocycles. The van der Waals surface area contributed by atoms with Gasteiger partial charge in [0.2, 0.25) is 5.91 Å². The van der Waals surface area contributed by atoms with Crippen LogP contribution in [0.25, 0.3) is 0 Å². The zero-order valence-corrected chi connectivity index (χ0v) is 8.79. The first-order chi connectivity index (χ1) is 7.21. The maximum Gasteiger partial charge on any atom is 0.244 e. The minimum absolute atomic E-state index is 0.0335. The normalized spacial score (nSPS) is 25.1. The van der Waals surface area contributed by atoms with Crippen LogP contribution in [0, 0.1) is 0 Å². The molecule has 0 spiro atoms. The van der Waals surface area contributed by atoms with Crippen molar-refractivity contribution in [2.45, 2.75) is 25.3 Å². The summed E-state index contributed by atoms with van der Waals surface area (Å²) in [6.45, 7) is 2.86.